The molecule has 0 aliphatic carbocycles. The summed E-state index contributed by atoms with van der Waals surface area (Å²) in [7, 11) is 4.50. The monoisotopic (exact) mass is 250 g/mol. The maximum Gasteiger partial charge on any atom is 0.324 e. The molecule has 6 nitrogen and oxygen atoms in total. The van der Waals surface area contributed by atoms with E-state index in [0.29, 0.717) is 17.1 Å². The number of hydrogen-bond acceptors (Lipinski definition) is 4. The molecule has 3 amide bonds. The van der Waals surface area contributed by atoms with Crippen LogP contribution in [0.15, 0.2) is 18.2 Å². The van der Waals surface area contributed by atoms with Gasteiger partial charge in [0, 0.05) is 7.05 Å². The van der Waals surface area contributed by atoms with Crippen molar-refractivity contribution in [2.45, 2.75) is 6.04 Å². The first kappa shape index (κ1) is 12.2. The van der Waals surface area contributed by atoms with Crippen LogP contribution in [0.4, 0.5) is 4.79 Å². The lowest BCUT2D eigenvalue weighted by atomic mass is 10.1. The molecule has 96 valence electrons. The molecule has 0 spiro atoms. The van der Waals surface area contributed by atoms with Gasteiger partial charge in [0.05, 0.1) is 14.2 Å². The highest BCUT2D eigenvalue weighted by atomic mass is 16.5. The molecule has 1 saturated heterocycles. The number of carbonyl (C=O) groups is 2. The van der Waals surface area contributed by atoms with Crippen molar-refractivity contribution in [2.24, 2.45) is 0 Å². The van der Waals surface area contributed by atoms with Crippen molar-refractivity contribution in [1.29, 1.82) is 0 Å². The SMILES string of the molecule is COc1ccc(C2NC(=O)N(C)C2=O)cc1OC. The van der Waals surface area contributed by atoms with Gasteiger partial charge in [-0.1, -0.05) is 6.07 Å². The number of nitrogens with one attached hydrogen (secondary N) is 1. The predicted octanol–water partition coefficient (Wildman–Crippen LogP) is 0.926. The van der Waals surface area contributed by atoms with Gasteiger partial charge in [0.25, 0.3) is 5.91 Å². The van der Waals surface area contributed by atoms with E-state index in [2.05, 4.69) is 5.32 Å². The molecule has 0 radical (unpaired) electrons. The Bertz CT molecular complexity index is 501. The van der Waals surface area contributed by atoms with Gasteiger partial charge in [0.1, 0.15) is 6.04 Å². The molecular formula is C12H14N2O4. The van der Waals surface area contributed by atoms with E-state index in [9.17, 15) is 9.59 Å². The van der Waals surface area contributed by atoms with Gasteiger partial charge in [-0.3, -0.25) is 9.69 Å². The first-order valence-corrected chi connectivity index (χ1v) is 5.38. The van der Waals surface area contributed by atoms with E-state index in [1.165, 1.54) is 21.3 Å². The Morgan fingerprint density at radius 1 is 1.17 bits per heavy atom. The maximum absolute atomic E-state index is 11.8. The topological polar surface area (TPSA) is 67.9 Å². The number of nitrogens with zero attached hydrogens (tertiary/aromatic N) is 1. The second kappa shape index (κ2) is 4.56. The van der Waals surface area contributed by atoms with Crippen molar-refractivity contribution in [1.82, 2.24) is 10.2 Å². The quantitative estimate of drug-likeness (QED) is 0.810. The Balaban J connectivity index is 2.35. The Labute approximate surface area is 104 Å². The number of benzene rings is 1. The van der Waals surface area contributed by atoms with Gasteiger partial charge in [-0.2, -0.15) is 0 Å². The zero-order valence-corrected chi connectivity index (χ0v) is 10.4. The number of amides is 3. The molecule has 1 unspecified atom stereocenters. The lowest BCUT2D eigenvalue weighted by molar-refractivity contribution is -0.126. The van der Waals surface area contributed by atoms with E-state index < -0.39 is 12.1 Å². The van der Waals surface area contributed by atoms with Crippen molar-refractivity contribution in [3.8, 4) is 11.5 Å². The number of imide groups is 1. The zero-order valence-electron chi connectivity index (χ0n) is 10.4. The maximum atomic E-state index is 11.8. The summed E-state index contributed by atoms with van der Waals surface area (Å²) in [6.45, 7) is 0. The molecule has 1 heterocycles. The second-order valence-corrected chi connectivity index (χ2v) is 3.89. The number of hydrogen-bond donors (Lipinski definition) is 1. The Morgan fingerprint density at radius 3 is 2.33 bits per heavy atom. The summed E-state index contributed by atoms with van der Waals surface area (Å²) in [5.74, 6) is 0.810. The lowest BCUT2D eigenvalue weighted by Crippen LogP contribution is -2.25. The summed E-state index contributed by atoms with van der Waals surface area (Å²) in [6.07, 6.45) is 0. The molecule has 1 aromatic rings. The molecule has 18 heavy (non-hydrogen) atoms. The Kier molecular flexibility index (Phi) is 3.10. The summed E-state index contributed by atoms with van der Waals surface area (Å²) >= 11 is 0. The smallest absolute Gasteiger partial charge is 0.324 e. The van der Waals surface area contributed by atoms with Crippen LogP contribution in [0.1, 0.15) is 11.6 Å². The van der Waals surface area contributed by atoms with Crippen LogP contribution < -0.4 is 14.8 Å². The van der Waals surface area contributed by atoms with E-state index in [1.54, 1.807) is 18.2 Å². The van der Waals surface area contributed by atoms with Gasteiger partial charge in [-0.05, 0) is 17.7 Å². The fraction of sp³-hybridized carbons (Fsp3) is 0.333. The van der Waals surface area contributed by atoms with Crippen LogP contribution in [0.5, 0.6) is 11.5 Å². The van der Waals surface area contributed by atoms with E-state index in [4.69, 9.17) is 9.47 Å². The van der Waals surface area contributed by atoms with E-state index >= 15 is 0 Å². The van der Waals surface area contributed by atoms with Crippen LogP contribution in [0, 0.1) is 0 Å². The summed E-state index contributed by atoms with van der Waals surface area (Å²) in [4.78, 5) is 24.3. The van der Waals surface area contributed by atoms with Crippen molar-refractivity contribution in [3.05, 3.63) is 23.8 Å². The van der Waals surface area contributed by atoms with Crippen molar-refractivity contribution in [3.63, 3.8) is 0 Å². The number of ether oxygens (including phenoxy) is 2. The molecule has 1 N–H and O–H groups in total. The standard InChI is InChI=1S/C12H14N2O4/c1-14-11(15)10(13-12(14)16)7-4-5-8(17-2)9(6-7)18-3/h4-6,10H,1-3H3,(H,13,16). The Morgan fingerprint density at radius 2 is 1.83 bits per heavy atom. The number of likely N-dealkylation sites (N-methyl/N-ethyl adjacent to an activating group) is 1. The second-order valence-electron chi connectivity index (χ2n) is 3.89. The predicted molar refractivity (Wildman–Crippen MR) is 63.6 cm³/mol. The largest absolute Gasteiger partial charge is 0.493 e. The molecule has 0 aromatic heterocycles. The minimum Gasteiger partial charge on any atom is -0.493 e. The van der Waals surface area contributed by atoms with Crippen molar-refractivity contribution < 1.29 is 19.1 Å². The van der Waals surface area contributed by atoms with Crippen molar-refractivity contribution in [2.75, 3.05) is 21.3 Å². The number of methoxy groups -OCH3 is 2. The number of rotatable bonds is 3. The molecule has 1 aliphatic rings. The lowest BCUT2D eigenvalue weighted by Gasteiger charge is -2.12. The highest BCUT2D eigenvalue weighted by molar-refractivity contribution is 6.04. The summed E-state index contributed by atoms with van der Waals surface area (Å²) < 4.78 is 10.3. The van der Waals surface area contributed by atoms with Crippen LogP contribution in [0.25, 0.3) is 0 Å². The Hall–Kier alpha value is -2.24. The normalized spacial score (nSPS) is 18.8. The van der Waals surface area contributed by atoms with Crippen LogP contribution in [0.3, 0.4) is 0 Å². The van der Waals surface area contributed by atoms with Gasteiger partial charge < -0.3 is 14.8 Å². The van der Waals surface area contributed by atoms with E-state index in [0.717, 1.165) is 4.90 Å². The molecule has 2 rings (SSSR count). The summed E-state index contributed by atoms with van der Waals surface area (Å²) in [5, 5.41) is 2.60. The van der Waals surface area contributed by atoms with Gasteiger partial charge in [0.15, 0.2) is 11.5 Å². The third kappa shape index (κ3) is 1.85. The third-order valence-electron chi connectivity index (χ3n) is 2.89. The number of urea groups is 1. The molecule has 0 saturated carbocycles. The summed E-state index contributed by atoms with van der Waals surface area (Å²) in [5.41, 5.74) is 0.662. The zero-order chi connectivity index (χ0) is 13.3. The molecular weight excluding hydrogens is 236 g/mol. The van der Waals surface area contributed by atoms with Gasteiger partial charge in [0.2, 0.25) is 0 Å². The molecule has 6 heteroatoms. The van der Waals surface area contributed by atoms with Gasteiger partial charge >= 0.3 is 6.03 Å². The molecule has 1 atom stereocenters. The van der Waals surface area contributed by atoms with Crippen molar-refractivity contribution >= 4 is 11.9 Å². The summed E-state index contributed by atoms with van der Waals surface area (Å²) in [6, 6.07) is 4.04. The van der Waals surface area contributed by atoms with Crippen LogP contribution in [-0.4, -0.2) is 38.1 Å². The van der Waals surface area contributed by atoms with Gasteiger partial charge in [-0.25, -0.2) is 4.79 Å². The minimum absolute atomic E-state index is 0.285. The fourth-order valence-electron chi connectivity index (χ4n) is 1.83. The van der Waals surface area contributed by atoms with Gasteiger partial charge in [-0.15, -0.1) is 0 Å². The average Bonchev–Trinajstić information content (AvgIpc) is 2.65. The fourth-order valence-corrected chi connectivity index (χ4v) is 1.83. The first-order chi connectivity index (χ1) is 8.58. The van der Waals surface area contributed by atoms with E-state index in [-0.39, 0.29) is 5.91 Å². The van der Waals surface area contributed by atoms with E-state index in [1.807, 2.05) is 0 Å². The average molecular weight is 250 g/mol. The minimum atomic E-state index is -0.665. The third-order valence-corrected chi connectivity index (χ3v) is 2.89. The highest BCUT2D eigenvalue weighted by Gasteiger charge is 2.36. The highest BCUT2D eigenvalue weighted by Crippen LogP contribution is 2.31. The van der Waals surface area contributed by atoms with Crippen LogP contribution in [-0.2, 0) is 4.79 Å². The molecule has 1 aliphatic heterocycles. The van der Waals surface area contributed by atoms with Crippen LogP contribution in [0.2, 0.25) is 0 Å². The molecule has 0 bridgehead atoms. The molecule has 1 fully saturated rings. The first-order valence-electron chi connectivity index (χ1n) is 5.38. The molecule has 1 aromatic carbocycles. The van der Waals surface area contributed by atoms with Crippen LogP contribution >= 0.6 is 0 Å². The number of carbonyl (C=O) groups excluding carboxylic acids is 2.